The fraction of sp³-hybridized carbons (Fsp3) is 0.370. The number of amides is 2. The number of carbonyl (C=O) groups is 4. The number of H-pyrrole nitrogens is 1. The van der Waals surface area contributed by atoms with Gasteiger partial charge in [-0.25, -0.2) is 9.59 Å². The van der Waals surface area contributed by atoms with Gasteiger partial charge in [-0.05, 0) is 24.7 Å². The fourth-order valence-electron chi connectivity index (χ4n) is 4.48. The Hall–Kier alpha value is -4.71. The number of carboxylic acids is 2. The molecule has 1 unspecified atom stereocenters. The van der Waals surface area contributed by atoms with Crippen molar-refractivity contribution < 1.29 is 60.5 Å². The van der Waals surface area contributed by atoms with Gasteiger partial charge < -0.3 is 30.2 Å². The molecular weight excluding hydrogens is 620 g/mol. The molecule has 2 saturated heterocycles. The normalized spacial score (nSPS) is 17.7. The summed E-state index contributed by atoms with van der Waals surface area (Å²) in [6.07, 6.45) is -4.95. The van der Waals surface area contributed by atoms with E-state index in [4.69, 9.17) is 24.5 Å². The number of aromatic nitrogens is 2. The first-order chi connectivity index (χ1) is 20.9. The topological polar surface area (TPSA) is 165 Å². The van der Waals surface area contributed by atoms with Gasteiger partial charge in [0.2, 0.25) is 5.91 Å². The van der Waals surface area contributed by atoms with Crippen LogP contribution in [0.3, 0.4) is 0 Å². The second-order valence-corrected chi connectivity index (χ2v) is 10.0. The molecule has 244 valence electrons. The average molecular weight is 648 g/mol. The maximum absolute atomic E-state index is 13.0. The van der Waals surface area contributed by atoms with E-state index >= 15 is 0 Å². The fourth-order valence-corrected chi connectivity index (χ4v) is 4.48. The number of likely N-dealkylation sites (tertiary alicyclic amines) is 1. The van der Waals surface area contributed by atoms with E-state index in [0.29, 0.717) is 38.3 Å². The summed E-state index contributed by atoms with van der Waals surface area (Å²) in [5.41, 5.74) is 2.19. The molecule has 45 heavy (non-hydrogen) atoms. The Kier molecular flexibility index (Phi) is 10.8. The summed E-state index contributed by atoms with van der Waals surface area (Å²) in [6, 6.07) is 11.2. The number of rotatable bonds is 4. The molecule has 1 spiro atoms. The van der Waals surface area contributed by atoms with Gasteiger partial charge in [0, 0.05) is 42.6 Å². The highest BCUT2D eigenvalue weighted by Gasteiger charge is 2.51. The van der Waals surface area contributed by atoms with Gasteiger partial charge in [0.1, 0.15) is 11.6 Å². The third-order valence-corrected chi connectivity index (χ3v) is 6.66. The number of hydrogen-bond donors (Lipinski definition) is 4. The van der Waals surface area contributed by atoms with Crippen LogP contribution in [-0.4, -0.2) is 111 Å². The molecule has 0 saturated carbocycles. The van der Waals surface area contributed by atoms with Gasteiger partial charge in [-0.2, -0.15) is 26.3 Å². The van der Waals surface area contributed by atoms with E-state index in [0.717, 1.165) is 16.5 Å². The number of halogens is 6. The number of ether oxygens (including phenoxy) is 1. The standard InChI is InChI=1S/C23H25N5O3.2C2HF3O2/c1-27-13-23(31-12-20(27)21(29)26-10-16-5-4-8-24-9-16)14-28(15-23)22(30)18-11-25-19-7-3-2-6-17(18)19;2*3-2(4,5)1(6)7/h2-9,11,20,25H,10,12-15H2,1H3,(H,26,29);2*(H,6,7). The first-order valence-corrected chi connectivity index (χ1v) is 12.9. The van der Waals surface area contributed by atoms with Crippen LogP contribution in [0, 0.1) is 0 Å². The molecule has 4 heterocycles. The van der Waals surface area contributed by atoms with Gasteiger partial charge in [0.25, 0.3) is 5.91 Å². The molecule has 18 heteroatoms. The summed E-state index contributed by atoms with van der Waals surface area (Å²) in [7, 11) is 1.93. The van der Waals surface area contributed by atoms with E-state index in [1.165, 1.54) is 0 Å². The monoisotopic (exact) mass is 647 g/mol. The Morgan fingerprint density at radius 2 is 1.60 bits per heavy atom. The van der Waals surface area contributed by atoms with Gasteiger partial charge >= 0.3 is 24.3 Å². The number of alkyl halides is 6. The highest BCUT2D eigenvalue weighted by molar-refractivity contribution is 6.07. The average Bonchev–Trinajstić information content (AvgIpc) is 3.39. The van der Waals surface area contributed by atoms with Crippen molar-refractivity contribution in [3.63, 3.8) is 0 Å². The molecular formula is C27H27F6N5O7. The quantitative estimate of drug-likeness (QED) is 0.312. The summed E-state index contributed by atoms with van der Waals surface area (Å²) >= 11 is 0. The predicted octanol–water partition coefficient (Wildman–Crippen LogP) is 2.67. The number of carbonyl (C=O) groups excluding carboxylic acids is 2. The number of aliphatic carboxylic acids is 2. The molecule has 0 aliphatic carbocycles. The first kappa shape index (κ1) is 34.8. The number of nitrogens with zero attached hydrogens (tertiary/aromatic N) is 3. The van der Waals surface area contributed by atoms with Crippen molar-refractivity contribution in [2.45, 2.75) is 30.5 Å². The van der Waals surface area contributed by atoms with E-state index < -0.39 is 29.9 Å². The van der Waals surface area contributed by atoms with Crippen LogP contribution in [0.15, 0.2) is 55.0 Å². The van der Waals surface area contributed by atoms with Crippen LogP contribution >= 0.6 is 0 Å². The molecule has 2 amide bonds. The molecule has 1 atom stereocenters. The van der Waals surface area contributed by atoms with Gasteiger partial charge in [-0.15, -0.1) is 0 Å². The van der Waals surface area contributed by atoms with Crippen molar-refractivity contribution in [1.82, 2.24) is 25.1 Å². The Labute approximate surface area is 250 Å². The second kappa shape index (κ2) is 13.9. The largest absolute Gasteiger partial charge is 0.490 e. The lowest BCUT2D eigenvalue weighted by Gasteiger charge is -2.54. The minimum atomic E-state index is -5.08. The molecule has 2 aliphatic heterocycles. The highest BCUT2D eigenvalue weighted by Crippen LogP contribution is 2.32. The van der Waals surface area contributed by atoms with E-state index in [1.54, 1.807) is 18.6 Å². The number of para-hydroxylation sites is 1. The number of benzene rings is 1. The van der Waals surface area contributed by atoms with Crippen LogP contribution in [-0.2, 0) is 25.7 Å². The number of pyridine rings is 1. The lowest BCUT2D eigenvalue weighted by molar-refractivity contribution is -0.193. The van der Waals surface area contributed by atoms with Crippen molar-refractivity contribution >= 4 is 34.7 Å². The van der Waals surface area contributed by atoms with Crippen molar-refractivity contribution in [3.05, 3.63) is 66.1 Å². The summed E-state index contributed by atoms with van der Waals surface area (Å²) in [5, 5.41) is 18.1. The van der Waals surface area contributed by atoms with Gasteiger partial charge in [-0.1, -0.05) is 24.3 Å². The Balaban J connectivity index is 0.000000331. The van der Waals surface area contributed by atoms with Crippen molar-refractivity contribution in [3.8, 4) is 0 Å². The summed E-state index contributed by atoms with van der Waals surface area (Å²) < 4.78 is 69.6. The van der Waals surface area contributed by atoms with Crippen LogP contribution < -0.4 is 5.32 Å². The van der Waals surface area contributed by atoms with E-state index in [2.05, 4.69) is 15.3 Å². The summed E-state index contributed by atoms with van der Waals surface area (Å²) in [5.74, 6) is -5.57. The Morgan fingerprint density at radius 3 is 2.13 bits per heavy atom. The molecule has 2 aromatic heterocycles. The zero-order valence-corrected chi connectivity index (χ0v) is 23.4. The number of aromatic amines is 1. The zero-order valence-electron chi connectivity index (χ0n) is 23.4. The van der Waals surface area contributed by atoms with Crippen molar-refractivity contribution in [1.29, 1.82) is 0 Å². The predicted molar refractivity (Wildman–Crippen MR) is 143 cm³/mol. The van der Waals surface area contributed by atoms with Crippen LogP contribution in [0.1, 0.15) is 15.9 Å². The van der Waals surface area contributed by atoms with Crippen LogP contribution in [0.4, 0.5) is 26.3 Å². The molecule has 3 aromatic rings. The summed E-state index contributed by atoms with van der Waals surface area (Å²) in [6.45, 7) is 2.41. The summed E-state index contributed by atoms with van der Waals surface area (Å²) in [4.78, 5) is 54.4. The van der Waals surface area contributed by atoms with Gasteiger partial charge in [-0.3, -0.25) is 19.5 Å². The third kappa shape index (κ3) is 9.15. The number of hydrogen-bond acceptors (Lipinski definition) is 7. The van der Waals surface area contributed by atoms with Gasteiger partial charge in [0.15, 0.2) is 0 Å². The molecule has 2 fully saturated rings. The first-order valence-electron chi connectivity index (χ1n) is 12.9. The number of morpholine rings is 1. The van der Waals surface area contributed by atoms with E-state index in [-0.39, 0.29) is 17.9 Å². The van der Waals surface area contributed by atoms with Crippen LogP contribution in [0.25, 0.3) is 10.9 Å². The smallest absolute Gasteiger partial charge is 0.475 e. The molecule has 1 aromatic carbocycles. The molecule has 5 rings (SSSR count). The minimum Gasteiger partial charge on any atom is -0.475 e. The maximum atomic E-state index is 13.0. The lowest BCUT2D eigenvalue weighted by atomic mass is 9.90. The minimum absolute atomic E-state index is 0.00525. The number of likely N-dealkylation sites (N-methyl/N-ethyl adjacent to an activating group) is 1. The van der Waals surface area contributed by atoms with Crippen LogP contribution in [0.2, 0.25) is 0 Å². The molecule has 2 aliphatic rings. The van der Waals surface area contributed by atoms with Gasteiger partial charge in [0.05, 0.1) is 25.3 Å². The molecule has 4 N–H and O–H groups in total. The number of fused-ring (bicyclic) bond motifs is 1. The van der Waals surface area contributed by atoms with E-state index in [9.17, 15) is 35.9 Å². The number of carboxylic acid groups (broad SMARTS) is 2. The molecule has 0 radical (unpaired) electrons. The Morgan fingerprint density at radius 1 is 1.00 bits per heavy atom. The highest BCUT2D eigenvalue weighted by atomic mass is 19.4. The van der Waals surface area contributed by atoms with E-state index in [1.807, 2.05) is 53.2 Å². The van der Waals surface area contributed by atoms with Crippen LogP contribution in [0.5, 0.6) is 0 Å². The SMILES string of the molecule is CN1CC2(CN(C(=O)c3c[nH]c4ccccc34)C2)OCC1C(=O)NCc1cccnc1.O=C(O)C(F)(F)F.O=C(O)C(F)(F)F. The molecule has 12 nitrogen and oxygen atoms in total. The molecule has 0 bridgehead atoms. The lowest BCUT2D eigenvalue weighted by Crippen LogP contribution is -2.73. The van der Waals surface area contributed by atoms with Crippen molar-refractivity contribution in [2.75, 3.05) is 33.3 Å². The zero-order chi connectivity index (χ0) is 33.6. The number of nitrogens with one attached hydrogen (secondary N) is 2. The Bertz CT molecular complexity index is 1480. The third-order valence-electron chi connectivity index (χ3n) is 6.66. The maximum Gasteiger partial charge on any atom is 0.490 e. The second-order valence-electron chi connectivity index (χ2n) is 10.0. The van der Waals surface area contributed by atoms with Crippen molar-refractivity contribution in [2.24, 2.45) is 0 Å².